The fourth-order valence-corrected chi connectivity index (χ4v) is 5.01. The third-order valence-corrected chi connectivity index (χ3v) is 6.62. The van der Waals surface area contributed by atoms with Crippen molar-refractivity contribution in [3.8, 4) is 0 Å². The molecule has 35 heavy (non-hydrogen) atoms. The van der Waals surface area contributed by atoms with Crippen LogP contribution in [-0.2, 0) is 36.9 Å². The van der Waals surface area contributed by atoms with Crippen LogP contribution in [-0.4, -0.2) is 47.2 Å². The van der Waals surface area contributed by atoms with Crippen molar-refractivity contribution in [2.24, 2.45) is 0 Å². The molecule has 0 aromatic heterocycles. The molecule has 2 fully saturated rings. The highest BCUT2D eigenvalue weighted by molar-refractivity contribution is 5.19. The van der Waals surface area contributed by atoms with Crippen LogP contribution in [0.25, 0.3) is 0 Å². The fourth-order valence-electron chi connectivity index (χ4n) is 5.01. The average Bonchev–Trinajstić information content (AvgIpc) is 3.28. The Balaban J connectivity index is 1.68. The Hall–Kier alpha value is -2.32. The second kappa shape index (κ2) is 10.7. The second-order valence-corrected chi connectivity index (χ2v) is 9.69. The van der Waals surface area contributed by atoms with Crippen molar-refractivity contribution in [1.82, 2.24) is 0 Å². The van der Waals surface area contributed by atoms with Crippen LogP contribution >= 0.6 is 0 Å². The minimum Gasteiger partial charge on any atom is -0.386 e. The van der Waals surface area contributed by atoms with Gasteiger partial charge in [0.05, 0.1) is 19.8 Å². The molecule has 1 N–H and O–H groups in total. The Kier molecular flexibility index (Phi) is 7.91. The molecule has 0 bridgehead atoms. The standard InChI is InChI=1S/C29H36O6/c1-5-17-28(30,18-6-2)29(21-31-19-22-13-9-7-10-14-22)25(32-20-23-15-11-8-12-16-23)24-26(35-29)34-27(3,4)33-24/h5-16,24-26,30H,1-2,17-21H2,3-4H3/t24?,25?,26-,29?/m0/s1. The SMILES string of the molecule is C=CCC(O)(CC=C)C1(COCc2ccccc2)O[C@@H]2OC(C)(C)OC2C1OCc1ccccc1. The highest BCUT2D eigenvalue weighted by Gasteiger charge is 2.69. The molecule has 2 aromatic rings. The van der Waals surface area contributed by atoms with Crippen molar-refractivity contribution in [3.05, 3.63) is 97.1 Å². The lowest BCUT2D eigenvalue weighted by molar-refractivity contribution is -0.297. The number of hydrogen-bond donors (Lipinski definition) is 1. The molecule has 0 amide bonds. The highest BCUT2D eigenvalue weighted by atomic mass is 16.8. The van der Waals surface area contributed by atoms with Crippen LogP contribution in [0, 0.1) is 0 Å². The van der Waals surface area contributed by atoms with Gasteiger partial charge in [0.25, 0.3) is 0 Å². The molecule has 0 radical (unpaired) electrons. The van der Waals surface area contributed by atoms with Crippen molar-refractivity contribution in [2.45, 2.75) is 75.4 Å². The van der Waals surface area contributed by atoms with Crippen molar-refractivity contribution < 1.29 is 28.8 Å². The molecule has 4 atom stereocenters. The lowest BCUT2D eigenvalue weighted by atomic mass is 9.74. The molecular formula is C29H36O6. The summed E-state index contributed by atoms with van der Waals surface area (Å²) in [5, 5.41) is 12.1. The van der Waals surface area contributed by atoms with Gasteiger partial charge in [0.2, 0.25) is 0 Å². The third-order valence-electron chi connectivity index (χ3n) is 6.62. The number of fused-ring (bicyclic) bond motifs is 1. The maximum atomic E-state index is 12.1. The molecule has 2 heterocycles. The summed E-state index contributed by atoms with van der Waals surface area (Å²) in [4.78, 5) is 0. The maximum Gasteiger partial charge on any atom is 0.190 e. The summed E-state index contributed by atoms with van der Waals surface area (Å²) >= 11 is 0. The summed E-state index contributed by atoms with van der Waals surface area (Å²) in [5.74, 6) is -0.838. The van der Waals surface area contributed by atoms with E-state index in [1.54, 1.807) is 12.2 Å². The van der Waals surface area contributed by atoms with Gasteiger partial charge < -0.3 is 28.8 Å². The van der Waals surface area contributed by atoms with E-state index >= 15 is 0 Å². The first kappa shape index (κ1) is 25.8. The monoisotopic (exact) mass is 480 g/mol. The number of ether oxygens (including phenoxy) is 5. The third kappa shape index (κ3) is 5.43. The van der Waals surface area contributed by atoms with E-state index in [0.717, 1.165) is 11.1 Å². The fraction of sp³-hybridized carbons (Fsp3) is 0.448. The molecule has 6 heteroatoms. The number of rotatable bonds is 12. The summed E-state index contributed by atoms with van der Waals surface area (Å²) in [6.45, 7) is 12.2. The van der Waals surface area contributed by atoms with Crippen molar-refractivity contribution in [3.63, 3.8) is 0 Å². The summed E-state index contributed by atoms with van der Waals surface area (Å²) < 4.78 is 31.6. The van der Waals surface area contributed by atoms with E-state index < -0.39 is 35.5 Å². The summed E-state index contributed by atoms with van der Waals surface area (Å²) in [6, 6.07) is 19.8. The van der Waals surface area contributed by atoms with Crippen molar-refractivity contribution in [2.75, 3.05) is 6.61 Å². The van der Waals surface area contributed by atoms with E-state index in [-0.39, 0.29) is 19.4 Å². The number of hydrogen-bond acceptors (Lipinski definition) is 6. The largest absolute Gasteiger partial charge is 0.386 e. The van der Waals surface area contributed by atoms with Crippen LogP contribution in [0.15, 0.2) is 86.0 Å². The molecule has 4 rings (SSSR count). The Labute approximate surface area is 208 Å². The maximum absolute atomic E-state index is 12.1. The van der Waals surface area contributed by atoms with Crippen molar-refractivity contribution >= 4 is 0 Å². The van der Waals surface area contributed by atoms with Gasteiger partial charge in [0.15, 0.2) is 17.7 Å². The molecule has 2 aliphatic heterocycles. The van der Waals surface area contributed by atoms with Crippen LogP contribution in [0.1, 0.15) is 37.8 Å². The van der Waals surface area contributed by atoms with Gasteiger partial charge in [-0.3, -0.25) is 0 Å². The van der Waals surface area contributed by atoms with Crippen LogP contribution in [0.2, 0.25) is 0 Å². The Morgan fingerprint density at radius 3 is 2.03 bits per heavy atom. The van der Waals surface area contributed by atoms with Crippen LogP contribution in [0.3, 0.4) is 0 Å². The molecule has 3 unspecified atom stereocenters. The van der Waals surface area contributed by atoms with Gasteiger partial charge >= 0.3 is 0 Å². The van der Waals surface area contributed by atoms with E-state index in [0.29, 0.717) is 13.2 Å². The zero-order chi connectivity index (χ0) is 24.9. The lowest BCUT2D eigenvalue weighted by Gasteiger charge is -2.47. The van der Waals surface area contributed by atoms with Crippen LogP contribution in [0.4, 0.5) is 0 Å². The molecule has 2 saturated heterocycles. The van der Waals surface area contributed by atoms with Crippen LogP contribution in [0.5, 0.6) is 0 Å². The van der Waals surface area contributed by atoms with Gasteiger partial charge in [-0.05, 0) is 37.8 Å². The molecule has 2 aliphatic rings. The minimum atomic E-state index is -1.41. The highest BCUT2D eigenvalue weighted by Crippen LogP contribution is 2.50. The van der Waals surface area contributed by atoms with Gasteiger partial charge in [0, 0.05) is 0 Å². The molecule has 0 saturated carbocycles. The average molecular weight is 481 g/mol. The lowest BCUT2D eigenvalue weighted by Crippen LogP contribution is -2.64. The zero-order valence-corrected chi connectivity index (χ0v) is 20.6. The van der Waals surface area contributed by atoms with Gasteiger partial charge in [-0.1, -0.05) is 72.8 Å². The predicted molar refractivity (Wildman–Crippen MR) is 133 cm³/mol. The van der Waals surface area contributed by atoms with Gasteiger partial charge in [0.1, 0.15) is 17.8 Å². The smallest absolute Gasteiger partial charge is 0.190 e. The first-order chi connectivity index (χ1) is 16.8. The second-order valence-electron chi connectivity index (χ2n) is 9.69. The Morgan fingerprint density at radius 2 is 1.46 bits per heavy atom. The predicted octanol–water partition coefficient (Wildman–Crippen LogP) is 4.92. The first-order valence-electron chi connectivity index (χ1n) is 12.1. The number of benzene rings is 2. The van der Waals surface area contributed by atoms with E-state index in [1.807, 2.05) is 74.5 Å². The quantitative estimate of drug-likeness (QED) is 0.435. The summed E-state index contributed by atoms with van der Waals surface area (Å²) in [6.07, 6.45) is 1.93. The molecule has 6 nitrogen and oxygen atoms in total. The minimum absolute atomic E-state index is 0.0691. The van der Waals surface area contributed by atoms with Gasteiger partial charge in [-0.2, -0.15) is 0 Å². The van der Waals surface area contributed by atoms with Crippen LogP contribution < -0.4 is 0 Å². The molecule has 188 valence electrons. The molecule has 0 spiro atoms. The van der Waals surface area contributed by atoms with Gasteiger partial charge in [-0.25, -0.2) is 0 Å². The molecular weight excluding hydrogens is 444 g/mol. The first-order valence-corrected chi connectivity index (χ1v) is 12.1. The Bertz CT molecular complexity index is 965. The Morgan fingerprint density at radius 1 is 0.886 bits per heavy atom. The topological polar surface area (TPSA) is 66.4 Å². The van der Waals surface area contributed by atoms with Gasteiger partial charge in [-0.15, -0.1) is 13.2 Å². The van der Waals surface area contributed by atoms with E-state index in [2.05, 4.69) is 13.2 Å². The molecule has 0 aliphatic carbocycles. The molecule has 2 aromatic carbocycles. The zero-order valence-electron chi connectivity index (χ0n) is 20.6. The summed E-state index contributed by atoms with van der Waals surface area (Å²) in [5.41, 5.74) is -0.669. The van der Waals surface area contributed by atoms with Crippen molar-refractivity contribution in [1.29, 1.82) is 0 Å². The van der Waals surface area contributed by atoms with E-state index in [9.17, 15) is 5.11 Å². The van der Waals surface area contributed by atoms with E-state index in [1.165, 1.54) is 0 Å². The summed E-state index contributed by atoms with van der Waals surface area (Å²) in [7, 11) is 0. The van der Waals surface area contributed by atoms with E-state index in [4.69, 9.17) is 23.7 Å². The normalized spacial score (nSPS) is 27.5. The number of aliphatic hydroxyl groups is 1.